The molecule has 29 heavy (non-hydrogen) atoms. The van der Waals surface area contributed by atoms with Gasteiger partial charge in [0.15, 0.2) is 0 Å². The molecule has 152 valence electrons. The molecule has 2 heterocycles. The minimum absolute atomic E-state index is 0.227. The van der Waals surface area contributed by atoms with Gasteiger partial charge >= 0.3 is 175 Å². The van der Waals surface area contributed by atoms with Gasteiger partial charge in [0.25, 0.3) is 0 Å². The summed E-state index contributed by atoms with van der Waals surface area (Å²) in [5.74, 6) is -0.558. The number of hydrogen-bond acceptors (Lipinski definition) is 7. The molecule has 9 nitrogen and oxygen atoms in total. The first-order valence-electron chi connectivity index (χ1n) is 8.72. The van der Waals surface area contributed by atoms with E-state index in [1.807, 2.05) is 0 Å². The van der Waals surface area contributed by atoms with E-state index < -0.39 is 42.4 Å². The van der Waals surface area contributed by atoms with E-state index in [1.165, 1.54) is 6.92 Å². The number of rotatable bonds is 1. The Morgan fingerprint density at radius 3 is 2.45 bits per heavy atom. The maximum atomic E-state index is 13.4. The van der Waals surface area contributed by atoms with Crippen LogP contribution in [-0.2, 0) is 14.9 Å². The van der Waals surface area contributed by atoms with Crippen LogP contribution in [0.15, 0.2) is 40.4 Å². The number of nitrogens with zero attached hydrogens (tertiary/aromatic N) is 5. The van der Waals surface area contributed by atoms with Crippen LogP contribution in [0.4, 0.5) is 4.79 Å². The van der Waals surface area contributed by atoms with Gasteiger partial charge in [0, 0.05) is 0 Å². The number of amidine groups is 1. The Balaban J connectivity index is 2.42. The Morgan fingerprint density at radius 1 is 1.34 bits per heavy atom. The number of aliphatic hydroxyl groups is 1. The van der Waals surface area contributed by atoms with Crippen molar-refractivity contribution in [3.05, 3.63) is 35.9 Å². The molecule has 0 saturated carbocycles. The second-order valence-corrected chi connectivity index (χ2v) is 9.57. The number of ether oxygens (including phenoxy) is 1. The molecule has 0 fully saturated rings. The molecule has 0 aromatic heterocycles. The third-order valence-electron chi connectivity index (χ3n) is 5.26. The predicted octanol–water partition coefficient (Wildman–Crippen LogP) is 0.935. The fraction of sp³-hybridized carbons (Fsp3) is 0.421. The fourth-order valence-electron chi connectivity index (χ4n) is 3.83. The minimum atomic E-state index is -2.19. The molecule has 0 bridgehead atoms. The van der Waals surface area contributed by atoms with Gasteiger partial charge in [-0.3, -0.25) is 0 Å². The first-order valence-corrected chi connectivity index (χ1v) is 10.4. The van der Waals surface area contributed by atoms with Crippen molar-refractivity contribution in [1.29, 1.82) is 5.26 Å². The van der Waals surface area contributed by atoms with Crippen LogP contribution in [0, 0.1) is 11.3 Å². The summed E-state index contributed by atoms with van der Waals surface area (Å²) >= 11 is -0.682. The molecule has 1 aromatic carbocycles. The summed E-state index contributed by atoms with van der Waals surface area (Å²) in [6.07, 6.45) is -0.938. The molecule has 3 atom stereocenters. The van der Waals surface area contributed by atoms with E-state index in [9.17, 15) is 20.0 Å². The van der Waals surface area contributed by atoms with Crippen molar-refractivity contribution in [3.63, 3.8) is 0 Å². The van der Waals surface area contributed by atoms with Crippen LogP contribution in [0.5, 0.6) is 0 Å². The third kappa shape index (κ3) is 2.55. The number of hydrazone groups is 1. The zero-order chi connectivity index (χ0) is 21.6. The number of carbonyl (C=O) groups is 2. The Hall–Kier alpha value is -2.73. The summed E-state index contributed by atoms with van der Waals surface area (Å²) in [4.78, 5) is 31.7. The SMILES string of the molecule is COC(=O)N1N=C(C)C2([Se]C(N(C)C)=NC2=O)C(C#N)(c2ccccc2)C1(C)O. The number of aliphatic imine (C=N–C) groups is 1. The Bertz CT molecular complexity index is 969. The zero-order valence-electron chi connectivity index (χ0n) is 16.7. The van der Waals surface area contributed by atoms with E-state index in [-0.39, 0.29) is 5.71 Å². The van der Waals surface area contributed by atoms with Gasteiger partial charge < -0.3 is 0 Å². The van der Waals surface area contributed by atoms with Crippen LogP contribution >= 0.6 is 0 Å². The van der Waals surface area contributed by atoms with Crippen LogP contribution < -0.4 is 0 Å². The van der Waals surface area contributed by atoms with Gasteiger partial charge in [-0.25, -0.2) is 0 Å². The average molecular weight is 462 g/mol. The second kappa shape index (κ2) is 6.95. The third-order valence-corrected chi connectivity index (χ3v) is 8.87. The summed E-state index contributed by atoms with van der Waals surface area (Å²) in [6.45, 7) is 2.88. The molecule has 10 heteroatoms. The topological polar surface area (TPSA) is 119 Å². The maximum absolute atomic E-state index is 13.4. The van der Waals surface area contributed by atoms with Crippen molar-refractivity contribution in [1.82, 2.24) is 9.91 Å². The molecule has 0 saturated heterocycles. The van der Waals surface area contributed by atoms with Gasteiger partial charge in [-0.1, -0.05) is 0 Å². The number of carbonyl (C=O) groups excluding carboxylic acids is 2. The van der Waals surface area contributed by atoms with Crippen molar-refractivity contribution in [3.8, 4) is 6.07 Å². The molecule has 1 N–H and O–H groups in total. The summed E-state index contributed by atoms with van der Waals surface area (Å²) in [5, 5.41) is 27.2. The van der Waals surface area contributed by atoms with E-state index in [1.54, 1.807) is 56.3 Å². The molecular weight excluding hydrogens is 441 g/mol. The second-order valence-electron chi connectivity index (χ2n) is 7.09. The molecule has 3 unspecified atom stereocenters. The van der Waals surface area contributed by atoms with Gasteiger partial charge in [-0.05, 0) is 0 Å². The number of methoxy groups -OCH3 is 1. The number of amides is 2. The Kier molecular flexibility index (Phi) is 5.03. The molecule has 3 rings (SSSR count). The van der Waals surface area contributed by atoms with E-state index >= 15 is 0 Å². The van der Waals surface area contributed by atoms with Crippen LogP contribution in [0.3, 0.4) is 0 Å². The molecule has 2 aliphatic rings. The van der Waals surface area contributed by atoms with Gasteiger partial charge in [0.2, 0.25) is 0 Å². The zero-order valence-corrected chi connectivity index (χ0v) is 18.4. The summed E-state index contributed by atoms with van der Waals surface area (Å²) in [6, 6.07) is 10.7. The molecule has 0 radical (unpaired) electrons. The first kappa shape index (κ1) is 21.0. The standard InChI is InChI=1S/C19H21N5O4Se/c1-12-19(14(25)21-15(29-19)23(3)4)18(11-20,13-9-7-6-8-10-13)17(2,27)24(22-12)16(26)28-5/h6-10,27H,1-5H3. The normalized spacial score (nSPS) is 31.2. The predicted molar refractivity (Wildman–Crippen MR) is 106 cm³/mol. The van der Waals surface area contributed by atoms with Crippen LogP contribution in [-0.4, -0.2) is 79.3 Å². The monoisotopic (exact) mass is 463 g/mol. The van der Waals surface area contributed by atoms with Crippen LogP contribution in [0.1, 0.15) is 19.4 Å². The van der Waals surface area contributed by atoms with E-state index in [4.69, 9.17) is 4.74 Å². The van der Waals surface area contributed by atoms with Crippen molar-refractivity contribution in [2.45, 2.75) is 29.3 Å². The summed E-state index contributed by atoms with van der Waals surface area (Å²) in [7, 11) is 4.68. The summed E-state index contributed by atoms with van der Waals surface area (Å²) in [5.41, 5.74) is -3.43. The Labute approximate surface area is 174 Å². The molecule has 1 spiro atoms. The van der Waals surface area contributed by atoms with Gasteiger partial charge in [0.05, 0.1) is 0 Å². The van der Waals surface area contributed by atoms with Crippen LogP contribution in [0.25, 0.3) is 0 Å². The van der Waals surface area contributed by atoms with E-state index in [0.29, 0.717) is 10.3 Å². The van der Waals surface area contributed by atoms with Gasteiger partial charge in [0.1, 0.15) is 0 Å². The number of benzene rings is 1. The van der Waals surface area contributed by atoms with Crippen molar-refractivity contribution in [2.75, 3.05) is 21.2 Å². The molecule has 1 aromatic rings. The van der Waals surface area contributed by atoms with E-state index in [2.05, 4.69) is 16.2 Å². The van der Waals surface area contributed by atoms with E-state index in [0.717, 1.165) is 12.1 Å². The quantitative estimate of drug-likeness (QED) is 0.621. The first-order chi connectivity index (χ1) is 13.6. The van der Waals surface area contributed by atoms with Crippen molar-refractivity contribution >= 4 is 37.4 Å². The average Bonchev–Trinajstić information content (AvgIpc) is 3.04. The molecule has 2 aliphatic heterocycles. The van der Waals surface area contributed by atoms with Gasteiger partial charge in [-0.2, -0.15) is 0 Å². The molecule has 2 amide bonds. The number of nitriles is 1. The molecule has 0 aliphatic carbocycles. The molecular formula is C19H21N5O4Se. The van der Waals surface area contributed by atoms with Crippen LogP contribution in [0.2, 0.25) is 4.31 Å². The van der Waals surface area contributed by atoms with Crippen molar-refractivity contribution < 1.29 is 19.4 Å². The van der Waals surface area contributed by atoms with Gasteiger partial charge in [-0.15, -0.1) is 0 Å². The van der Waals surface area contributed by atoms with Crippen molar-refractivity contribution in [2.24, 2.45) is 10.1 Å². The fourth-order valence-corrected chi connectivity index (χ4v) is 6.80. The summed E-state index contributed by atoms with van der Waals surface area (Å²) < 4.78 is 3.78. The Morgan fingerprint density at radius 2 is 1.97 bits per heavy atom. The number of hydrogen-bond donors (Lipinski definition) is 1.